The van der Waals surface area contributed by atoms with E-state index >= 15 is 0 Å². The van der Waals surface area contributed by atoms with Crippen molar-refractivity contribution in [3.8, 4) is 17.2 Å². The maximum atomic E-state index is 12.2. The molecule has 0 aromatic heterocycles. The summed E-state index contributed by atoms with van der Waals surface area (Å²) in [6, 6.07) is 10.8. The van der Waals surface area contributed by atoms with E-state index in [4.69, 9.17) is 14.2 Å². The van der Waals surface area contributed by atoms with Crippen LogP contribution in [0.4, 0.5) is 0 Å². The number of allylic oxidation sites excluding steroid dienone is 2. The first-order valence-corrected chi connectivity index (χ1v) is 8.02. The van der Waals surface area contributed by atoms with E-state index in [0.29, 0.717) is 22.8 Å². The van der Waals surface area contributed by atoms with Crippen molar-refractivity contribution in [1.29, 1.82) is 0 Å². The maximum absolute atomic E-state index is 12.2. The minimum atomic E-state index is -0.189. The van der Waals surface area contributed by atoms with Crippen LogP contribution < -0.4 is 14.2 Å². The third-order valence-electron chi connectivity index (χ3n) is 3.79. The number of ketones is 1. The van der Waals surface area contributed by atoms with E-state index < -0.39 is 0 Å². The van der Waals surface area contributed by atoms with E-state index in [2.05, 4.69) is 0 Å². The van der Waals surface area contributed by atoms with Crippen LogP contribution >= 0.6 is 0 Å². The van der Waals surface area contributed by atoms with Gasteiger partial charge in [0.1, 0.15) is 5.75 Å². The van der Waals surface area contributed by atoms with Crippen LogP contribution in [0, 0.1) is 0 Å². The summed E-state index contributed by atoms with van der Waals surface area (Å²) in [7, 11) is 4.65. The Balaban J connectivity index is 2.19. The standard InChI is InChI=1S/C21H22O5/c1-24-19-9-5-7-16(21(19)26-3)11-13-18(23)12-10-15-6-4-8-17(14-22)20(15)25-2/h4-13,22H,14H2,1-3H3. The number of hydrogen-bond donors (Lipinski definition) is 1. The highest BCUT2D eigenvalue weighted by Gasteiger charge is 2.08. The van der Waals surface area contributed by atoms with E-state index in [0.717, 1.165) is 11.1 Å². The lowest BCUT2D eigenvalue weighted by molar-refractivity contribution is -0.110. The summed E-state index contributed by atoms with van der Waals surface area (Å²) in [5.74, 6) is 1.53. The first-order chi connectivity index (χ1) is 12.6. The monoisotopic (exact) mass is 354 g/mol. The molecule has 5 heteroatoms. The quantitative estimate of drug-likeness (QED) is 0.735. The Hall–Kier alpha value is -3.05. The smallest absolute Gasteiger partial charge is 0.178 e. The number of para-hydroxylation sites is 2. The van der Waals surface area contributed by atoms with Crippen LogP contribution in [0.2, 0.25) is 0 Å². The number of carbonyl (C=O) groups is 1. The van der Waals surface area contributed by atoms with Gasteiger partial charge in [-0.3, -0.25) is 4.79 Å². The molecule has 0 radical (unpaired) electrons. The Morgan fingerprint density at radius 3 is 2.00 bits per heavy atom. The zero-order valence-electron chi connectivity index (χ0n) is 15.1. The van der Waals surface area contributed by atoms with E-state index in [1.54, 1.807) is 44.6 Å². The predicted octanol–water partition coefficient (Wildman–Crippen LogP) is 3.50. The van der Waals surface area contributed by atoms with Crippen molar-refractivity contribution in [2.75, 3.05) is 21.3 Å². The number of ether oxygens (including phenoxy) is 3. The second-order valence-corrected chi connectivity index (χ2v) is 5.35. The van der Waals surface area contributed by atoms with Gasteiger partial charge in [0.2, 0.25) is 0 Å². The molecule has 0 aliphatic heterocycles. The summed E-state index contributed by atoms with van der Waals surface area (Å²) >= 11 is 0. The van der Waals surface area contributed by atoms with Crippen molar-refractivity contribution in [1.82, 2.24) is 0 Å². The molecule has 0 aliphatic carbocycles. The summed E-state index contributed by atoms with van der Waals surface area (Å²) in [5.41, 5.74) is 2.13. The first-order valence-electron chi connectivity index (χ1n) is 8.02. The van der Waals surface area contributed by atoms with E-state index in [1.807, 2.05) is 18.2 Å². The van der Waals surface area contributed by atoms with Crippen molar-refractivity contribution in [2.45, 2.75) is 6.61 Å². The van der Waals surface area contributed by atoms with E-state index in [9.17, 15) is 9.90 Å². The van der Waals surface area contributed by atoms with E-state index in [-0.39, 0.29) is 12.4 Å². The van der Waals surface area contributed by atoms with Crippen LogP contribution in [0.25, 0.3) is 12.2 Å². The van der Waals surface area contributed by atoms with Crippen molar-refractivity contribution >= 4 is 17.9 Å². The SMILES string of the molecule is COc1cccc(C=CC(=O)C=Cc2cccc(CO)c2OC)c1OC. The average Bonchev–Trinajstić information content (AvgIpc) is 2.69. The molecule has 0 aliphatic rings. The molecule has 0 heterocycles. The molecule has 2 aromatic carbocycles. The van der Waals surface area contributed by atoms with Crippen LogP contribution in [-0.2, 0) is 11.4 Å². The lowest BCUT2D eigenvalue weighted by atomic mass is 10.1. The number of hydrogen-bond acceptors (Lipinski definition) is 5. The Labute approximate surface area is 153 Å². The van der Waals surface area contributed by atoms with Crippen molar-refractivity contribution in [3.63, 3.8) is 0 Å². The summed E-state index contributed by atoms with van der Waals surface area (Å²) in [6.07, 6.45) is 6.24. The summed E-state index contributed by atoms with van der Waals surface area (Å²) < 4.78 is 15.9. The molecule has 0 unspecified atom stereocenters. The molecule has 0 fully saturated rings. The number of methoxy groups -OCH3 is 3. The molecule has 5 nitrogen and oxygen atoms in total. The fraction of sp³-hybridized carbons (Fsp3) is 0.190. The molecule has 0 saturated carbocycles. The lowest BCUT2D eigenvalue weighted by Crippen LogP contribution is -1.95. The Morgan fingerprint density at radius 1 is 0.885 bits per heavy atom. The molecule has 1 N–H and O–H groups in total. The molecule has 136 valence electrons. The zero-order chi connectivity index (χ0) is 18.9. The zero-order valence-corrected chi connectivity index (χ0v) is 15.1. The summed E-state index contributed by atoms with van der Waals surface area (Å²) in [6.45, 7) is -0.131. The van der Waals surface area contributed by atoms with Gasteiger partial charge in [0.05, 0.1) is 27.9 Å². The summed E-state index contributed by atoms with van der Waals surface area (Å²) in [5, 5.41) is 9.35. The molecule has 2 aromatic rings. The molecule has 0 saturated heterocycles. The topological polar surface area (TPSA) is 65.0 Å². The van der Waals surface area contributed by atoms with Crippen LogP contribution in [0.1, 0.15) is 16.7 Å². The largest absolute Gasteiger partial charge is 0.496 e. The van der Waals surface area contributed by atoms with Gasteiger partial charge >= 0.3 is 0 Å². The number of benzene rings is 2. The van der Waals surface area contributed by atoms with Crippen molar-refractivity contribution < 1.29 is 24.1 Å². The molecule has 0 spiro atoms. The fourth-order valence-electron chi connectivity index (χ4n) is 2.55. The Morgan fingerprint density at radius 2 is 1.46 bits per heavy atom. The van der Waals surface area contributed by atoms with Crippen LogP contribution in [0.3, 0.4) is 0 Å². The molecule has 0 atom stereocenters. The molecule has 0 amide bonds. The second kappa shape index (κ2) is 9.44. The van der Waals surface area contributed by atoms with Crippen LogP contribution in [-0.4, -0.2) is 32.2 Å². The molecule has 26 heavy (non-hydrogen) atoms. The summed E-state index contributed by atoms with van der Waals surface area (Å²) in [4.78, 5) is 12.2. The van der Waals surface area contributed by atoms with Gasteiger partial charge in [-0.1, -0.05) is 30.3 Å². The lowest BCUT2D eigenvalue weighted by Gasteiger charge is -2.09. The number of aliphatic hydroxyl groups is 1. The average molecular weight is 354 g/mol. The normalized spacial score (nSPS) is 11.1. The van der Waals surface area contributed by atoms with Gasteiger partial charge in [-0.2, -0.15) is 0 Å². The third-order valence-corrected chi connectivity index (χ3v) is 3.79. The van der Waals surface area contributed by atoms with Crippen molar-refractivity contribution in [2.24, 2.45) is 0 Å². The van der Waals surface area contributed by atoms with Crippen LogP contribution in [0.5, 0.6) is 17.2 Å². The number of carbonyl (C=O) groups excluding carboxylic acids is 1. The van der Waals surface area contributed by atoms with Gasteiger partial charge in [-0.25, -0.2) is 0 Å². The fourth-order valence-corrected chi connectivity index (χ4v) is 2.55. The highest BCUT2D eigenvalue weighted by atomic mass is 16.5. The molecule has 2 rings (SSSR count). The van der Waals surface area contributed by atoms with Gasteiger partial charge in [0.15, 0.2) is 17.3 Å². The minimum Gasteiger partial charge on any atom is -0.496 e. The molecule has 0 bridgehead atoms. The minimum absolute atomic E-state index is 0.131. The van der Waals surface area contributed by atoms with E-state index in [1.165, 1.54) is 19.3 Å². The number of aliphatic hydroxyl groups excluding tert-OH is 1. The van der Waals surface area contributed by atoms with Crippen molar-refractivity contribution in [3.05, 3.63) is 65.2 Å². The van der Waals surface area contributed by atoms with Gasteiger partial charge in [0.25, 0.3) is 0 Å². The van der Waals surface area contributed by atoms with Gasteiger partial charge in [-0.15, -0.1) is 0 Å². The third kappa shape index (κ3) is 4.52. The Bertz CT molecular complexity index is 754. The predicted molar refractivity (Wildman–Crippen MR) is 102 cm³/mol. The first kappa shape index (κ1) is 19.3. The highest BCUT2D eigenvalue weighted by Crippen LogP contribution is 2.31. The van der Waals surface area contributed by atoms with Gasteiger partial charge in [0, 0.05) is 16.7 Å². The Kier molecular flexibility index (Phi) is 7.00. The van der Waals surface area contributed by atoms with Crippen LogP contribution in [0.15, 0.2) is 48.6 Å². The second-order valence-electron chi connectivity index (χ2n) is 5.35. The number of rotatable bonds is 8. The molecular weight excluding hydrogens is 332 g/mol. The highest BCUT2D eigenvalue weighted by molar-refractivity contribution is 6.04. The van der Waals surface area contributed by atoms with Gasteiger partial charge < -0.3 is 19.3 Å². The molecular formula is C21H22O5. The maximum Gasteiger partial charge on any atom is 0.178 e. The van der Waals surface area contributed by atoms with Gasteiger partial charge in [-0.05, 0) is 30.4 Å².